The number of esters is 1. The SMILES string of the molecule is CCCNC(=O)NC(=O)COC(=O)c1sc2ccccc2c1C. The lowest BCUT2D eigenvalue weighted by Crippen LogP contribution is -2.41. The molecule has 0 aliphatic carbocycles. The molecule has 23 heavy (non-hydrogen) atoms. The molecule has 0 unspecified atom stereocenters. The first-order valence-corrected chi connectivity index (χ1v) is 8.07. The van der Waals surface area contributed by atoms with E-state index in [4.69, 9.17) is 4.74 Å². The second-order valence-electron chi connectivity index (χ2n) is 4.93. The van der Waals surface area contributed by atoms with Gasteiger partial charge in [0.25, 0.3) is 5.91 Å². The summed E-state index contributed by atoms with van der Waals surface area (Å²) in [4.78, 5) is 35.5. The summed E-state index contributed by atoms with van der Waals surface area (Å²) in [5, 5.41) is 5.59. The number of fused-ring (bicyclic) bond motifs is 1. The lowest BCUT2D eigenvalue weighted by Gasteiger charge is -2.06. The summed E-state index contributed by atoms with van der Waals surface area (Å²) >= 11 is 1.32. The van der Waals surface area contributed by atoms with Crippen LogP contribution in [0.5, 0.6) is 0 Å². The zero-order chi connectivity index (χ0) is 16.8. The van der Waals surface area contributed by atoms with E-state index in [1.807, 2.05) is 38.1 Å². The average Bonchev–Trinajstić information content (AvgIpc) is 2.88. The minimum Gasteiger partial charge on any atom is -0.451 e. The summed E-state index contributed by atoms with van der Waals surface area (Å²) in [6.45, 7) is 3.72. The van der Waals surface area contributed by atoms with Crippen LogP contribution in [0.3, 0.4) is 0 Å². The number of nitrogens with one attached hydrogen (secondary N) is 2. The van der Waals surface area contributed by atoms with Crippen LogP contribution in [0.2, 0.25) is 0 Å². The number of imide groups is 1. The highest BCUT2D eigenvalue weighted by Crippen LogP contribution is 2.30. The molecule has 0 aliphatic heterocycles. The second kappa shape index (κ2) is 7.73. The van der Waals surface area contributed by atoms with E-state index in [1.165, 1.54) is 11.3 Å². The van der Waals surface area contributed by atoms with Gasteiger partial charge in [-0.25, -0.2) is 9.59 Å². The second-order valence-corrected chi connectivity index (χ2v) is 5.98. The number of carbonyl (C=O) groups excluding carboxylic acids is 3. The van der Waals surface area contributed by atoms with Crippen molar-refractivity contribution in [3.05, 3.63) is 34.7 Å². The molecular formula is C16H18N2O4S. The van der Waals surface area contributed by atoms with Gasteiger partial charge in [-0.3, -0.25) is 10.1 Å². The highest BCUT2D eigenvalue weighted by atomic mass is 32.1. The minimum absolute atomic E-state index is 0.467. The van der Waals surface area contributed by atoms with Crippen molar-refractivity contribution in [3.8, 4) is 0 Å². The fraction of sp³-hybridized carbons (Fsp3) is 0.312. The molecule has 0 spiro atoms. The van der Waals surface area contributed by atoms with Crippen molar-refractivity contribution in [2.24, 2.45) is 0 Å². The summed E-state index contributed by atoms with van der Waals surface area (Å²) < 4.78 is 5.97. The number of urea groups is 1. The smallest absolute Gasteiger partial charge is 0.349 e. The Morgan fingerprint density at radius 3 is 2.65 bits per heavy atom. The maximum absolute atomic E-state index is 12.1. The average molecular weight is 334 g/mol. The summed E-state index contributed by atoms with van der Waals surface area (Å²) in [6.07, 6.45) is 0.766. The van der Waals surface area contributed by atoms with Gasteiger partial charge < -0.3 is 10.1 Å². The molecule has 2 aromatic rings. The standard InChI is InChI=1S/C16H18N2O4S/c1-3-8-17-16(21)18-13(19)9-22-15(20)14-10(2)11-6-4-5-7-12(11)23-14/h4-7H,3,8-9H2,1-2H3,(H2,17,18,19,21). The summed E-state index contributed by atoms with van der Waals surface area (Å²) in [5.41, 5.74) is 0.830. The van der Waals surface area contributed by atoms with Crippen LogP contribution in [-0.4, -0.2) is 31.1 Å². The van der Waals surface area contributed by atoms with Crippen molar-refractivity contribution in [1.82, 2.24) is 10.6 Å². The highest BCUT2D eigenvalue weighted by Gasteiger charge is 2.18. The van der Waals surface area contributed by atoms with Gasteiger partial charge >= 0.3 is 12.0 Å². The maximum Gasteiger partial charge on any atom is 0.349 e. The quantitative estimate of drug-likeness (QED) is 0.823. The largest absolute Gasteiger partial charge is 0.451 e. The van der Waals surface area contributed by atoms with Gasteiger partial charge in [0.15, 0.2) is 6.61 Å². The molecule has 1 aromatic carbocycles. The maximum atomic E-state index is 12.1. The van der Waals surface area contributed by atoms with Gasteiger partial charge in [0.2, 0.25) is 0 Å². The Kier molecular flexibility index (Phi) is 5.70. The van der Waals surface area contributed by atoms with E-state index < -0.39 is 24.5 Å². The molecule has 0 fully saturated rings. The third kappa shape index (κ3) is 4.29. The number of hydrogen-bond donors (Lipinski definition) is 2. The van der Waals surface area contributed by atoms with Crippen LogP contribution >= 0.6 is 11.3 Å². The number of aryl methyl sites for hydroxylation is 1. The molecule has 0 aliphatic rings. The lowest BCUT2D eigenvalue weighted by atomic mass is 10.1. The van der Waals surface area contributed by atoms with Crippen LogP contribution in [0.25, 0.3) is 10.1 Å². The molecule has 1 heterocycles. The lowest BCUT2D eigenvalue weighted by molar-refractivity contribution is -0.123. The third-order valence-corrected chi connectivity index (χ3v) is 4.40. The molecule has 0 saturated heterocycles. The Morgan fingerprint density at radius 2 is 1.96 bits per heavy atom. The predicted octanol–water partition coefficient (Wildman–Crippen LogP) is 2.60. The Hall–Kier alpha value is -2.41. The summed E-state index contributed by atoms with van der Waals surface area (Å²) in [5.74, 6) is -1.22. The van der Waals surface area contributed by atoms with Crippen molar-refractivity contribution in [2.45, 2.75) is 20.3 Å². The van der Waals surface area contributed by atoms with Crippen LogP contribution < -0.4 is 10.6 Å². The number of thiophene rings is 1. The van der Waals surface area contributed by atoms with Gasteiger partial charge in [-0.15, -0.1) is 11.3 Å². The van der Waals surface area contributed by atoms with Crippen molar-refractivity contribution >= 4 is 39.3 Å². The molecule has 0 bridgehead atoms. The van der Waals surface area contributed by atoms with Crippen molar-refractivity contribution in [3.63, 3.8) is 0 Å². The monoisotopic (exact) mass is 334 g/mol. The molecule has 2 N–H and O–H groups in total. The molecule has 3 amide bonds. The molecule has 2 rings (SSSR count). The van der Waals surface area contributed by atoms with Crippen molar-refractivity contribution in [1.29, 1.82) is 0 Å². The molecule has 6 nitrogen and oxygen atoms in total. The van der Waals surface area contributed by atoms with Gasteiger partial charge in [0.1, 0.15) is 4.88 Å². The van der Waals surface area contributed by atoms with E-state index in [9.17, 15) is 14.4 Å². The van der Waals surface area contributed by atoms with Crippen LogP contribution in [0.15, 0.2) is 24.3 Å². The van der Waals surface area contributed by atoms with E-state index in [-0.39, 0.29) is 0 Å². The van der Waals surface area contributed by atoms with E-state index in [1.54, 1.807) is 0 Å². The molecular weight excluding hydrogens is 316 g/mol. The minimum atomic E-state index is -0.661. The van der Waals surface area contributed by atoms with E-state index in [2.05, 4.69) is 10.6 Å². The van der Waals surface area contributed by atoms with E-state index in [0.29, 0.717) is 11.4 Å². The van der Waals surface area contributed by atoms with Crippen molar-refractivity contribution < 1.29 is 19.1 Å². The van der Waals surface area contributed by atoms with Crippen LogP contribution in [0.4, 0.5) is 4.79 Å². The zero-order valence-electron chi connectivity index (χ0n) is 13.0. The fourth-order valence-electron chi connectivity index (χ4n) is 2.01. The van der Waals surface area contributed by atoms with Gasteiger partial charge in [0, 0.05) is 11.2 Å². The molecule has 122 valence electrons. The first kappa shape index (κ1) is 17.0. The highest BCUT2D eigenvalue weighted by molar-refractivity contribution is 7.21. The Labute approximate surface area is 137 Å². The number of rotatable bonds is 5. The first-order chi connectivity index (χ1) is 11.0. The predicted molar refractivity (Wildman–Crippen MR) is 88.7 cm³/mol. The fourth-order valence-corrected chi connectivity index (χ4v) is 3.11. The van der Waals surface area contributed by atoms with Gasteiger partial charge in [-0.1, -0.05) is 25.1 Å². The molecule has 1 aromatic heterocycles. The molecule has 0 saturated carbocycles. The third-order valence-electron chi connectivity index (χ3n) is 3.15. The van der Waals surface area contributed by atoms with E-state index in [0.717, 1.165) is 22.1 Å². The number of ether oxygens (including phenoxy) is 1. The molecule has 0 atom stereocenters. The number of hydrogen-bond acceptors (Lipinski definition) is 5. The Bertz CT molecular complexity index is 739. The van der Waals surface area contributed by atoms with Crippen LogP contribution in [0, 0.1) is 6.92 Å². The number of benzene rings is 1. The topological polar surface area (TPSA) is 84.5 Å². The van der Waals surface area contributed by atoms with Gasteiger partial charge in [-0.2, -0.15) is 0 Å². The summed E-state index contributed by atoms with van der Waals surface area (Å²) in [7, 11) is 0. The Morgan fingerprint density at radius 1 is 1.22 bits per heavy atom. The van der Waals surface area contributed by atoms with Gasteiger partial charge in [-0.05, 0) is 30.4 Å². The number of carbonyl (C=O) groups is 3. The normalized spacial score (nSPS) is 10.3. The van der Waals surface area contributed by atoms with E-state index >= 15 is 0 Å². The van der Waals surface area contributed by atoms with Crippen molar-refractivity contribution in [2.75, 3.05) is 13.2 Å². The first-order valence-electron chi connectivity index (χ1n) is 7.25. The zero-order valence-corrected chi connectivity index (χ0v) is 13.8. The van der Waals surface area contributed by atoms with Crippen LogP contribution in [0.1, 0.15) is 28.6 Å². The van der Waals surface area contributed by atoms with Crippen LogP contribution in [-0.2, 0) is 9.53 Å². The number of amides is 3. The summed E-state index contributed by atoms with van der Waals surface area (Å²) in [6, 6.07) is 7.07. The van der Waals surface area contributed by atoms with Gasteiger partial charge in [0.05, 0.1) is 0 Å². The molecule has 7 heteroatoms. The molecule has 0 radical (unpaired) electrons. The Balaban J connectivity index is 1.92.